The third kappa shape index (κ3) is 3.47. The SMILES string of the molecule is O=C(COC(=O)c1cc2c(s1)-c1ccccc1CC2)NC1CCCC1. The Bertz CT molecular complexity index is 805. The predicted molar refractivity (Wildman–Crippen MR) is 97.8 cm³/mol. The first-order valence-corrected chi connectivity index (χ1v) is 9.70. The van der Waals surface area contributed by atoms with Crippen LogP contribution in [-0.4, -0.2) is 24.5 Å². The monoisotopic (exact) mass is 355 g/mol. The van der Waals surface area contributed by atoms with Gasteiger partial charge in [-0.3, -0.25) is 4.79 Å². The number of hydrogen-bond donors (Lipinski definition) is 1. The maximum atomic E-state index is 12.3. The van der Waals surface area contributed by atoms with Gasteiger partial charge in [-0.05, 0) is 48.4 Å². The molecule has 130 valence electrons. The Morgan fingerprint density at radius 1 is 1.12 bits per heavy atom. The lowest BCUT2D eigenvalue weighted by atomic mass is 9.91. The fourth-order valence-electron chi connectivity index (χ4n) is 3.71. The van der Waals surface area contributed by atoms with Crippen LogP contribution < -0.4 is 5.32 Å². The number of esters is 1. The van der Waals surface area contributed by atoms with E-state index in [0.29, 0.717) is 4.88 Å². The molecule has 0 aliphatic heterocycles. The summed E-state index contributed by atoms with van der Waals surface area (Å²) >= 11 is 1.46. The first-order valence-electron chi connectivity index (χ1n) is 8.88. The van der Waals surface area contributed by atoms with E-state index in [1.165, 1.54) is 28.0 Å². The first kappa shape index (κ1) is 16.3. The average molecular weight is 355 g/mol. The Morgan fingerprint density at radius 3 is 2.72 bits per heavy atom. The molecular weight excluding hydrogens is 334 g/mol. The number of fused-ring (bicyclic) bond motifs is 3. The van der Waals surface area contributed by atoms with Gasteiger partial charge in [0.2, 0.25) is 0 Å². The zero-order chi connectivity index (χ0) is 17.2. The molecule has 1 fully saturated rings. The van der Waals surface area contributed by atoms with Crippen LogP contribution in [0.1, 0.15) is 46.5 Å². The van der Waals surface area contributed by atoms with Crippen molar-refractivity contribution >= 4 is 23.2 Å². The number of thiophene rings is 1. The van der Waals surface area contributed by atoms with Crippen LogP contribution in [0.15, 0.2) is 30.3 Å². The van der Waals surface area contributed by atoms with Crippen LogP contribution in [0.4, 0.5) is 0 Å². The number of amides is 1. The maximum Gasteiger partial charge on any atom is 0.348 e. The Morgan fingerprint density at radius 2 is 1.88 bits per heavy atom. The summed E-state index contributed by atoms with van der Waals surface area (Å²) in [6.45, 7) is -0.200. The summed E-state index contributed by atoms with van der Waals surface area (Å²) in [4.78, 5) is 26.0. The van der Waals surface area contributed by atoms with Crippen LogP contribution in [0.2, 0.25) is 0 Å². The molecule has 1 N–H and O–H groups in total. The average Bonchev–Trinajstić information content (AvgIpc) is 3.29. The van der Waals surface area contributed by atoms with Crippen molar-refractivity contribution in [1.29, 1.82) is 0 Å². The Hall–Kier alpha value is -2.14. The third-order valence-corrected chi connectivity index (χ3v) is 6.18. The highest BCUT2D eigenvalue weighted by molar-refractivity contribution is 7.17. The number of nitrogens with one attached hydrogen (secondary N) is 1. The normalized spacial score (nSPS) is 16.2. The summed E-state index contributed by atoms with van der Waals surface area (Å²) in [5.74, 6) is -0.606. The molecule has 25 heavy (non-hydrogen) atoms. The third-order valence-electron chi connectivity index (χ3n) is 4.99. The van der Waals surface area contributed by atoms with Crippen molar-refractivity contribution in [3.63, 3.8) is 0 Å². The van der Waals surface area contributed by atoms with E-state index < -0.39 is 5.97 Å². The van der Waals surface area contributed by atoms with Gasteiger partial charge in [-0.2, -0.15) is 0 Å². The molecular formula is C20H21NO3S. The number of hydrogen-bond acceptors (Lipinski definition) is 4. The van der Waals surface area contributed by atoms with Crippen molar-refractivity contribution in [2.24, 2.45) is 0 Å². The minimum absolute atomic E-state index is 0.200. The van der Waals surface area contributed by atoms with Crippen LogP contribution in [0.25, 0.3) is 10.4 Å². The van der Waals surface area contributed by atoms with Gasteiger partial charge in [0.05, 0.1) is 0 Å². The number of aryl methyl sites for hydroxylation is 2. The van der Waals surface area contributed by atoms with Gasteiger partial charge in [0.25, 0.3) is 5.91 Å². The van der Waals surface area contributed by atoms with Crippen LogP contribution in [0, 0.1) is 0 Å². The minimum Gasteiger partial charge on any atom is -0.451 e. The summed E-state index contributed by atoms with van der Waals surface area (Å²) < 4.78 is 5.23. The molecule has 1 heterocycles. The molecule has 0 unspecified atom stereocenters. The summed E-state index contributed by atoms with van der Waals surface area (Å²) in [5.41, 5.74) is 3.74. The lowest BCUT2D eigenvalue weighted by Crippen LogP contribution is -2.35. The van der Waals surface area contributed by atoms with Crippen molar-refractivity contribution in [2.45, 2.75) is 44.6 Å². The fourth-order valence-corrected chi connectivity index (χ4v) is 4.88. The second-order valence-corrected chi connectivity index (χ2v) is 7.80. The summed E-state index contributed by atoms with van der Waals surface area (Å²) in [6.07, 6.45) is 6.31. The maximum absolute atomic E-state index is 12.3. The number of carbonyl (C=O) groups excluding carboxylic acids is 2. The van der Waals surface area contributed by atoms with Crippen molar-refractivity contribution < 1.29 is 14.3 Å². The second kappa shape index (κ2) is 7.00. The molecule has 1 amide bonds. The molecule has 0 spiro atoms. The van der Waals surface area contributed by atoms with Gasteiger partial charge in [0, 0.05) is 10.9 Å². The van der Waals surface area contributed by atoms with Gasteiger partial charge < -0.3 is 10.1 Å². The summed E-state index contributed by atoms with van der Waals surface area (Å²) in [6, 6.07) is 10.5. The minimum atomic E-state index is -0.404. The van der Waals surface area contributed by atoms with E-state index in [0.717, 1.165) is 43.4 Å². The molecule has 4 nitrogen and oxygen atoms in total. The molecule has 1 aromatic heterocycles. The highest BCUT2D eigenvalue weighted by Gasteiger charge is 2.23. The topological polar surface area (TPSA) is 55.4 Å². The molecule has 2 aliphatic carbocycles. The van der Waals surface area contributed by atoms with Crippen molar-refractivity contribution in [3.8, 4) is 10.4 Å². The summed E-state index contributed by atoms with van der Waals surface area (Å²) in [7, 11) is 0. The van der Waals surface area contributed by atoms with Crippen LogP contribution in [-0.2, 0) is 22.4 Å². The zero-order valence-corrected chi connectivity index (χ0v) is 14.9. The van der Waals surface area contributed by atoms with Crippen molar-refractivity contribution in [3.05, 3.63) is 46.3 Å². The lowest BCUT2D eigenvalue weighted by molar-refractivity contribution is -0.124. The smallest absolute Gasteiger partial charge is 0.348 e. The van der Waals surface area contributed by atoms with E-state index in [1.54, 1.807) is 0 Å². The quantitative estimate of drug-likeness (QED) is 0.850. The van der Waals surface area contributed by atoms with Gasteiger partial charge >= 0.3 is 5.97 Å². The number of benzene rings is 1. The summed E-state index contributed by atoms with van der Waals surface area (Å²) in [5, 5.41) is 2.93. The van der Waals surface area contributed by atoms with Crippen molar-refractivity contribution in [1.82, 2.24) is 5.32 Å². The van der Waals surface area contributed by atoms with E-state index in [2.05, 4.69) is 23.5 Å². The number of ether oxygens (including phenoxy) is 1. The fraction of sp³-hybridized carbons (Fsp3) is 0.400. The molecule has 0 bridgehead atoms. The first-order chi connectivity index (χ1) is 12.2. The van der Waals surface area contributed by atoms with Gasteiger partial charge in [-0.15, -0.1) is 11.3 Å². The number of rotatable bonds is 4. The van der Waals surface area contributed by atoms with E-state index in [1.807, 2.05) is 12.1 Å². The van der Waals surface area contributed by atoms with Gasteiger partial charge in [0.15, 0.2) is 6.61 Å². The second-order valence-electron chi connectivity index (χ2n) is 6.75. The van der Waals surface area contributed by atoms with Crippen LogP contribution in [0.3, 0.4) is 0 Å². The number of carbonyl (C=O) groups is 2. The van der Waals surface area contributed by atoms with E-state index in [-0.39, 0.29) is 18.6 Å². The van der Waals surface area contributed by atoms with E-state index >= 15 is 0 Å². The van der Waals surface area contributed by atoms with E-state index in [4.69, 9.17) is 4.74 Å². The Balaban J connectivity index is 1.40. The van der Waals surface area contributed by atoms with E-state index in [9.17, 15) is 9.59 Å². The van der Waals surface area contributed by atoms with Crippen molar-refractivity contribution in [2.75, 3.05) is 6.61 Å². The van der Waals surface area contributed by atoms with Gasteiger partial charge in [-0.25, -0.2) is 4.79 Å². The molecule has 0 radical (unpaired) electrons. The Kier molecular flexibility index (Phi) is 4.57. The molecule has 0 atom stereocenters. The molecule has 0 saturated heterocycles. The van der Waals surface area contributed by atoms with Gasteiger partial charge in [-0.1, -0.05) is 37.1 Å². The zero-order valence-electron chi connectivity index (χ0n) is 14.0. The predicted octanol–water partition coefficient (Wildman–Crippen LogP) is 3.73. The molecule has 2 aromatic rings. The van der Waals surface area contributed by atoms with Gasteiger partial charge in [0.1, 0.15) is 4.88 Å². The molecule has 1 saturated carbocycles. The van der Waals surface area contributed by atoms with Crippen LogP contribution in [0.5, 0.6) is 0 Å². The highest BCUT2D eigenvalue weighted by Crippen LogP contribution is 2.39. The van der Waals surface area contributed by atoms with Crippen LogP contribution >= 0.6 is 11.3 Å². The molecule has 4 rings (SSSR count). The highest BCUT2D eigenvalue weighted by atomic mass is 32.1. The molecule has 5 heteroatoms. The largest absolute Gasteiger partial charge is 0.451 e. The standard InChI is InChI=1S/C20H21NO3S/c22-18(21-15-6-2-3-7-15)12-24-20(23)17-11-14-10-9-13-5-1-4-8-16(13)19(14)25-17/h1,4-5,8,11,15H,2-3,6-7,9-10,12H2,(H,21,22). The molecule has 1 aromatic carbocycles. The Labute approximate surface area is 151 Å². The molecule has 2 aliphatic rings. The lowest BCUT2D eigenvalue weighted by Gasteiger charge is -2.15.